The van der Waals surface area contributed by atoms with E-state index in [0.717, 1.165) is 10.6 Å². The molecule has 1 amide bonds. The summed E-state index contributed by atoms with van der Waals surface area (Å²) in [6.45, 7) is 1.24. The van der Waals surface area contributed by atoms with Crippen LogP contribution in [0.3, 0.4) is 0 Å². The van der Waals surface area contributed by atoms with Gasteiger partial charge in [-0.2, -0.15) is 0 Å². The first-order chi connectivity index (χ1) is 12.3. The van der Waals surface area contributed by atoms with Crippen molar-refractivity contribution in [2.75, 3.05) is 5.32 Å². The number of hydrogen-bond donors (Lipinski definition) is 1. The topological polar surface area (TPSA) is 107 Å². The van der Waals surface area contributed by atoms with E-state index in [1.165, 1.54) is 30.6 Å². The Kier molecular flexibility index (Phi) is 4.44. The zero-order valence-corrected chi connectivity index (χ0v) is 13.6. The van der Waals surface area contributed by atoms with Crippen LogP contribution in [0.1, 0.15) is 5.56 Å². The molecule has 0 fully saturated rings. The molecule has 132 valence electrons. The van der Waals surface area contributed by atoms with Gasteiger partial charge in [0, 0.05) is 17.8 Å². The molecule has 8 nitrogen and oxygen atoms in total. The van der Waals surface area contributed by atoms with E-state index in [4.69, 9.17) is 0 Å². The first-order valence-electron chi connectivity index (χ1n) is 7.55. The summed E-state index contributed by atoms with van der Waals surface area (Å²) in [5.41, 5.74) is 0.172. The monoisotopic (exact) mass is 356 g/mol. The van der Waals surface area contributed by atoms with E-state index in [1.54, 1.807) is 13.0 Å². The molecule has 0 aliphatic carbocycles. The maximum atomic E-state index is 13.5. The lowest BCUT2D eigenvalue weighted by Crippen LogP contribution is -2.28. The van der Waals surface area contributed by atoms with Crippen LogP contribution in [-0.2, 0) is 11.3 Å². The van der Waals surface area contributed by atoms with Crippen molar-refractivity contribution < 1.29 is 14.1 Å². The Labute approximate surface area is 146 Å². The van der Waals surface area contributed by atoms with Gasteiger partial charge in [0.2, 0.25) is 5.91 Å². The number of nitro groups is 1. The first kappa shape index (κ1) is 17.2. The van der Waals surface area contributed by atoms with Gasteiger partial charge in [-0.3, -0.25) is 24.3 Å². The maximum absolute atomic E-state index is 13.5. The fourth-order valence-corrected chi connectivity index (χ4v) is 2.40. The molecule has 1 aromatic heterocycles. The van der Waals surface area contributed by atoms with Gasteiger partial charge in [-0.1, -0.05) is 6.07 Å². The quantitative estimate of drug-likeness (QED) is 0.570. The molecule has 9 heteroatoms. The molecule has 1 heterocycles. The number of anilines is 1. The Morgan fingerprint density at radius 3 is 2.77 bits per heavy atom. The molecule has 0 bridgehead atoms. The number of carbonyl (C=O) groups is 1. The van der Waals surface area contributed by atoms with E-state index in [1.807, 2.05) is 0 Å². The number of aryl methyl sites for hydroxylation is 1. The summed E-state index contributed by atoms with van der Waals surface area (Å²) in [4.78, 5) is 38.8. The first-order valence-corrected chi connectivity index (χ1v) is 7.55. The van der Waals surface area contributed by atoms with Crippen LogP contribution in [-0.4, -0.2) is 20.4 Å². The Hall–Kier alpha value is -3.62. The average Bonchev–Trinajstić information content (AvgIpc) is 2.60. The van der Waals surface area contributed by atoms with Crippen LogP contribution in [0.4, 0.5) is 15.8 Å². The minimum Gasteiger partial charge on any atom is -0.324 e. The highest BCUT2D eigenvalue weighted by Gasteiger charge is 2.13. The van der Waals surface area contributed by atoms with Gasteiger partial charge in [-0.05, 0) is 30.7 Å². The number of aromatic nitrogens is 2. The number of halogens is 1. The van der Waals surface area contributed by atoms with Crippen molar-refractivity contribution in [1.29, 1.82) is 0 Å². The van der Waals surface area contributed by atoms with Crippen LogP contribution in [0.2, 0.25) is 0 Å². The van der Waals surface area contributed by atoms with Gasteiger partial charge >= 0.3 is 0 Å². The van der Waals surface area contributed by atoms with Crippen molar-refractivity contribution in [2.45, 2.75) is 13.5 Å². The highest BCUT2D eigenvalue weighted by atomic mass is 19.1. The SMILES string of the molecule is Cc1ccc(NC(=O)Cn2cnc3ccc([N+](=O)[O-])cc3c2=O)cc1F. The molecular formula is C17H13FN4O4. The van der Waals surface area contributed by atoms with Crippen molar-refractivity contribution in [3.63, 3.8) is 0 Å². The highest BCUT2D eigenvalue weighted by Crippen LogP contribution is 2.16. The number of non-ortho nitro benzene ring substituents is 1. The van der Waals surface area contributed by atoms with E-state index >= 15 is 0 Å². The van der Waals surface area contributed by atoms with E-state index < -0.39 is 22.2 Å². The van der Waals surface area contributed by atoms with E-state index in [-0.39, 0.29) is 28.8 Å². The molecule has 1 N–H and O–H groups in total. The van der Waals surface area contributed by atoms with Crippen LogP contribution in [0, 0.1) is 22.9 Å². The summed E-state index contributed by atoms with van der Waals surface area (Å²) in [6.07, 6.45) is 1.19. The molecule has 0 aliphatic rings. The Balaban J connectivity index is 1.86. The lowest BCUT2D eigenvalue weighted by molar-refractivity contribution is -0.384. The van der Waals surface area contributed by atoms with Gasteiger partial charge in [-0.15, -0.1) is 0 Å². The summed E-state index contributed by atoms with van der Waals surface area (Å²) in [5.74, 6) is -1.01. The van der Waals surface area contributed by atoms with Crippen LogP contribution < -0.4 is 10.9 Å². The second kappa shape index (κ2) is 6.71. The molecule has 0 aliphatic heterocycles. The summed E-state index contributed by atoms with van der Waals surface area (Å²) >= 11 is 0. The minimum atomic E-state index is -0.616. The lowest BCUT2D eigenvalue weighted by Gasteiger charge is -2.08. The number of hydrogen-bond acceptors (Lipinski definition) is 5. The third-order valence-corrected chi connectivity index (χ3v) is 3.79. The molecule has 0 unspecified atom stereocenters. The van der Waals surface area contributed by atoms with Gasteiger partial charge in [0.1, 0.15) is 12.4 Å². The molecule has 3 aromatic rings. The van der Waals surface area contributed by atoms with Crippen molar-refractivity contribution in [3.8, 4) is 0 Å². The smallest absolute Gasteiger partial charge is 0.270 e. The van der Waals surface area contributed by atoms with Crippen molar-refractivity contribution in [1.82, 2.24) is 9.55 Å². The van der Waals surface area contributed by atoms with Gasteiger partial charge in [0.25, 0.3) is 11.2 Å². The number of nitro benzene ring substituents is 1. The number of rotatable bonds is 4. The molecule has 3 rings (SSSR count). The Bertz CT molecular complexity index is 1090. The minimum absolute atomic E-state index is 0.0379. The number of benzene rings is 2. The van der Waals surface area contributed by atoms with Crippen molar-refractivity contribution in [3.05, 3.63) is 74.6 Å². The van der Waals surface area contributed by atoms with Crippen molar-refractivity contribution in [2.24, 2.45) is 0 Å². The molecular weight excluding hydrogens is 343 g/mol. The van der Waals surface area contributed by atoms with Gasteiger partial charge in [0.15, 0.2) is 0 Å². The van der Waals surface area contributed by atoms with E-state index in [0.29, 0.717) is 5.56 Å². The number of nitrogens with one attached hydrogen (secondary N) is 1. The Morgan fingerprint density at radius 1 is 1.31 bits per heavy atom. The standard InChI is InChI=1S/C17H13FN4O4/c1-10-2-3-11(6-14(10)18)20-16(23)8-21-9-19-15-5-4-12(22(25)26)7-13(15)17(21)24/h2-7,9H,8H2,1H3,(H,20,23). The summed E-state index contributed by atoms with van der Waals surface area (Å²) in [6, 6.07) is 7.98. The fraction of sp³-hybridized carbons (Fsp3) is 0.118. The van der Waals surface area contributed by atoms with Crippen LogP contribution in [0.15, 0.2) is 47.5 Å². The number of fused-ring (bicyclic) bond motifs is 1. The van der Waals surface area contributed by atoms with E-state index in [2.05, 4.69) is 10.3 Å². The lowest BCUT2D eigenvalue weighted by atomic mass is 10.2. The molecule has 2 aromatic carbocycles. The number of nitrogens with zero attached hydrogens (tertiary/aromatic N) is 3. The largest absolute Gasteiger partial charge is 0.324 e. The molecule has 0 saturated heterocycles. The van der Waals surface area contributed by atoms with Gasteiger partial charge in [0.05, 0.1) is 22.2 Å². The molecule has 0 radical (unpaired) electrons. The third-order valence-electron chi connectivity index (χ3n) is 3.79. The van der Waals surface area contributed by atoms with Crippen molar-refractivity contribution >= 4 is 28.2 Å². The van der Waals surface area contributed by atoms with E-state index in [9.17, 15) is 24.1 Å². The Morgan fingerprint density at radius 2 is 2.08 bits per heavy atom. The summed E-state index contributed by atoms with van der Waals surface area (Å²) in [5, 5.41) is 13.4. The van der Waals surface area contributed by atoms with Gasteiger partial charge in [-0.25, -0.2) is 9.37 Å². The van der Waals surface area contributed by atoms with Crippen LogP contribution >= 0.6 is 0 Å². The summed E-state index contributed by atoms with van der Waals surface area (Å²) < 4.78 is 14.6. The normalized spacial score (nSPS) is 10.7. The van der Waals surface area contributed by atoms with Gasteiger partial charge < -0.3 is 5.32 Å². The number of amides is 1. The highest BCUT2D eigenvalue weighted by molar-refractivity contribution is 5.90. The molecule has 26 heavy (non-hydrogen) atoms. The summed E-state index contributed by atoms with van der Waals surface area (Å²) in [7, 11) is 0. The third kappa shape index (κ3) is 3.41. The van der Waals surface area contributed by atoms with Crippen LogP contribution in [0.5, 0.6) is 0 Å². The molecule has 0 spiro atoms. The van der Waals surface area contributed by atoms with Crippen LogP contribution in [0.25, 0.3) is 10.9 Å². The fourth-order valence-electron chi connectivity index (χ4n) is 2.40. The average molecular weight is 356 g/mol. The predicted molar refractivity (Wildman–Crippen MR) is 92.4 cm³/mol. The second-order valence-corrected chi connectivity index (χ2v) is 5.65. The zero-order valence-electron chi connectivity index (χ0n) is 13.6. The number of carbonyl (C=O) groups excluding carboxylic acids is 1. The predicted octanol–water partition coefficient (Wildman–Crippen LogP) is 2.39. The maximum Gasteiger partial charge on any atom is 0.270 e. The zero-order chi connectivity index (χ0) is 18.8. The second-order valence-electron chi connectivity index (χ2n) is 5.65. The molecule has 0 atom stereocenters. The molecule has 0 saturated carbocycles.